The maximum Gasteiger partial charge on any atom is 0.0953 e. The average molecular weight is 266 g/mol. The summed E-state index contributed by atoms with van der Waals surface area (Å²) < 4.78 is 6.06. The summed E-state index contributed by atoms with van der Waals surface area (Å²) in [6, 6.07) is 7.90. The van der Waals surface area contributed by atoms with Gasteiger partial charge in [0.25, 0.3) is 0 Å². The molecule has 1 aromatic carbocycles. The SMILES string of the molecule is Cc1ccc(Br)c(C(N)c2ccoc2)c1. The van der Waals surface area contributed by atoms with E-state index in [9.17, 15) is 0 Å². The topological polar surface area (TPSA) is 39.2 Å². The molecular formula is C12H12BrNO. The smallest absolute Gasteiger partial charge is 0.0953 e. The summed E-state index contributed by atoms with van der Waals surface area (Å²) in [5, 5.41) is 0. The highest BCUT2D eigenvalue weighted by atomic mass is 79.9. The Morgan fingerprint density at radius 2 is 2.13 bits per heavy atom. The van der Waals surface area contributed by atoms with Crippen LogP contribution in [0.1, 0.15) is 22.7 Å². The predicted octanol–water partition coefficient (Wildman–Crippen LogP) is 3.40. The number of rotatable bonds is 2. The number of benzene rings is 1. The lowest BCUT2D eigenvalue weighted by atomic mass is 10.0. The van der Waals surface area contributed by atoms with Gasteiger partial charge in [-0.25, -0.2) is 0 Å². The van der Waals surface area contributed by atoms with Crippen LogP contribution in [0.2, 0.25) is 0 Å². The molecule has 0 spiro atoms. The van der Waals surface area contributed by atoms with Gasteiger partial charge in [-0.3, -0.25) is 0 Å². The zero-order chi connectivity index (χ0) is 10.8. The monoisotopic (exact) mass is 265 g/mol. The molecule has 0 fully saturated rings. The minimum absolute atomic E-state index is 0.141. The Labute approximate surface area is 97.2 Å². The Balaban J connectivity index is 2.41. The molecular weight excluding hydrogens is 254 g/mol. The van der Waals surface area contributed by atoms with Crippen molar-refractivity contribution < 1.29 is 4.42 Å². The van der Waals surface area contributed by atoms with E-state index in [4.69, 9.17) is 10.2 Å². The maximum atomic E-state index is 6.14. The van der Waals surface area contributed by atoms with Gasteiger partial charge in [-0.15, -0.1) is 0 Å². The van der Waals surface area contributed by atoms with Crippen molar-refractivity contribution in [3.63, 3.8) is 0 Å². The molecule has 0 aliphatic heterocycles. The third kappa shape index (κ3) is 2.13. The van der Waals surface area contributed by atoms with Gasteiger partial charge in [-0.05, 0) is 24.6 Å². The molecule has 0 bridgehead atoms. The maximum absolute atomic E-state index is 6.14. The molecule has 1 aromatic heterocycles. The van der Waals surface area contributed by atoms with E-state index in [2.05, 4.69) is 35.0 Å². The molecule has 15 heavy (non-hydrogen) atoms. The van der Waals surface area contributed by atoms with Crippen molar-refractivity contribution in [3.8, 4) is 0 Å². The molecule has 2 N–H and O–H groups in total. The fourth-order valence-electron chi connectivity index (χ4n) is 1.53. The number of furan rings is 1. The van der Waals surface area contributed by atoms with E-state index in [0.717, 1.165) is 15.6 Å². The number of hydrogen-bond acceptors (Lipinski definition) is 2. The number of hydrogen-bond donors (Lipinski definition) is 1. The van der Waals surface area contributed by atoms with Gasteiger partial charge in [-0.2, -0.15) is 0 Å². The summed E-state index contributed by atoms with van der Waals surface area (Å²) >= 11 is 3.51. The quantitative estimate of drug-likeness (QED) is 0.904. The Morgan fingerprint density at radius 1 is 1.33 bits per heavy atom. The van der Waals surface area contributed by atoms with E-state index in [-0.39, 0.29) is 6.04 Å². The molecule has 1 atom stereocenters. The van der Waals surface area contributed by atoms with Crippen LogP contribution in [-0.2, 0) is 0 Å². The van der Waals surface area contributed by atoms with Crippen LogP contribution in [0.4, 0.5) is 0 Å². The summed E-state index contributed by atoms with van der Waals surface area (Å²) in [6.45, 7) is 2.05. The molecule has 3 heteroatoms. The minimum Gasteiger partial charge on any atom is -0.472 e. The van der Waals surface area contributed by atoms with Crippen LogP contribution in [0.5, 0.6) is 0 Å². The largest absolute Gasteiger partial charge is 0.472 e. The summed E-state index contributed by atoms with van der Waals surface area (Å²) in [5.41, 5.74) is 9.41. The second-order valence-electron chi connectivity index (χ2n) is 3.56. The minimum atomic E-state index is -0.141. The van der Waals surface area contributed by atoms with Crippen LogP contribution in [0.15, 0.2) is 45.7 Å². The van der Waals surface area contributed by atoms with E-state index in [1.54, 1.807) is 12.5 Å². The molecule has 2 nitrogen and oxygen atoms in total. The second kappa shape index (κ2) is 4.21. The van der Waals surface area contributed by atoms with Crippen molar-refractivity contribution in [1.29, 1.82) is 0 Å². The van der Waals surface area contributed by atoms with Crippen LogP contribution < -0.4 is 5.73 Å². The van der Waals surface area contributed by atoms with E-state index in [1.807, 2.05) is 12.1 Å². The number of nitrogens with two attached hydrogens (primary N) is 1. The molecule has 2 rings (SSSR count). The molecule has 2 aromatic rings. The van der Waals surface area contributed by atoms with E-state index < -0.39 is 0 Å². The first kappa shape index (κ1) is 10.5. The Kier molecular flexibility index (Phi) is 2.93. The Morgan fingerprint density at radius 3 is 2.80 bits per heavy atom. The van der Waals surface area contributed by atoms with Crippen LogP contribution >= 0.6 is 15.9 Å². The first-order chi connectivity index (χ1) is 7.18. The van der Waals surface area contributed by atoms with Crippen molar-refractivity contribution in [3.05, 3.63) is 58.0 Å². The van der Waals surface area contributed by atoms with Gasteiger partial charge >= 0.3 is 0 Å². The molecule has 0 radical (unpaired) electrons. The standard InChI is InChI=1S/C12H12BrNO/c1-8-2-3-11(13)10(6-8)12(14)9-4-5-15-7-9/h2-7,12H,14H2,1H3. The van der Waals surface area contributed by atoms with Crippen molar-refractivity contribution >= 4 is 15.9 Å². The van der Waals surface area contributed by atoms with Crippen molar-refractivity contribution in [2.45, 2.75) is 13.0 Å². The highest BCUT2D eigenvalue weighted by Gasteiger charge is 2.13. The van der Waals surface area contributed by atoms with Gasteiger partial charge in [0.05, 0.1) is 18.6 Å². The van der Waals surface area contributed by atoms with Gasteiger partial charge in [0, 0.05) is 10.0 Å². The number of halogens is 1. The zero-order valence-electron chi connectivity index (χ0n) is 8.41. The lowest BCUT2D eigenvalue weighted by Gasteiger charge is -2.12. The molecule has 0 aliphatic carbocycles. The molecule has 0 amide bonds. The summed E-state index contributed by atoms with van der Waals surface area (Å²) in [7, 11) is 0. The van der Waals surface area contributed by atoms with Gasteiger partial charge in [0.2, 0.25) is 0 Å². The summed E-state index contributed by atoms with van der Waals surface area (Å²) in [6.07, 6.45) is 3.32. The van der Waals surface area contributed by atoms with Crippen LogP contribution in [0.3, 0.4) is 0 Å². The normalized spacial score (nSPS) is 12.7. The third-order valence-corrected chi connectivity index (χ3v) is 3.11. The highest BCUT2D eigenvalue weighted by molar-refractivity contribution is 9.10. The second-order valence-corrected chi connectivity index (χ2v) is 4.41. The first-order valence-electron chi connectivity index (χ1n) is 4.72. The first-order valence-corrected chi connectivity index (χ1v) is 5.51. The Bertz CT molecular complexity index is 451. The van der Waals surface area contributed by atoms with Gasteiger partial charge < -0.3 is 10.2 Å². The molecule has 0 saturated carbocycles. The van der Waals surface area contributed by atoms with Crippen LogP contribution in [0, 0.1) is 6.92 Å². The third-order valence-electron chi connectivity index (χ3n) is 2.39. The number of aryl methyl sites for hydroxylation is 1. The van der Waals surface area contributed by atoms with Crippen molar-refractivity contribution in [1.82, 2.24) is 0 Å². The molecule has 0 aliphatic rings. The van der Waals surface area contributed by atoms with Crippen LogP contribution in [-0.4, -0.2) is 0 Å². The highest BCUT2D eigenvalue weighted by Crippen LogP contribution is 2.27. The van der Waals surface area contributed by atoms with Gasteiger partial charge in [0.1, 0.15) is 0 Å². The average Bonchev–Trinajstić information content (AvgIpc) is 2.74. The molecule has 78 valence electrons. The molecule has 0 saturated heterocycles. The molecule has 1 heterocycles. The Hall–Kier alpha value is -1.06. The lowest BCUT2D eigenvalue weighted by Crippen LogP contribution is -2.11. The van der Waals surface area contributed by atoms with Crippen molar-refractivity contribution in [2.75, 3.05) is 0 Å². The van der Waals surface area contributed by atoms with Gasteiger partial charge in [0.15, 0.2) is 0 Å². The van der Waals surface area contributed by atoms with Crippen molar-refractivity contribution in [2.24, 2.45) is 5.73 Å². The lowest BCUT2D eigenvalue weighted by molar-refractivity contribution is 0.562. The van der Waals surface area contributed by atoms with E-state index >= 15 is 0 Å². The van der Waals surface area contributed by atoms with Crippen LogP contribution in [0.25, 0.3) is 0 Å². The summed E-state index contributed by atoms with van der Waals surface area (Å²) in [4.78, 5) is 0. The molecule has 1 unspecified atom stereocenters. The fraction of sp³-hybridized carbons (Fsp3) is 0.167. The summed E-state index contributed by atoms with van der Waals surface area (Å²) in [5.74, 6) is 0. The van der Waals surface area contributed by atoms with E-state index in [0.29, 0.717) is 0 Å². The van der Waals surface area contributed by atoms with E-state index in [1.165, 1.54) is 5.56 Å². The zero-order valence-corrected chi connectivity index (χ0v) is 9.99. The predicted molar refractivity (Wildman–Crippen MR) is 63.6 cm³/mol. The fourth-order valence-corrected chi connectivity index (χ4v) is 2.03. The van der Waals surface area contributed by atoms with Gasteiger partial charge in [-0.1, -0.05) is 33.6 Å².